The molecule has 2 N–H and O–H groups in total. The van der Waals surface area contributed by atoms with Crippen molar-refractivity contribution in [2.24, 2.45) is 5.73 Å². The predicted octanol–water partition coefficient (Wildman–Crippen LogP) is 2.35. The highest BCUT2D eigenvalue weighted by Crippen LogP contribution is 2.29. The zero-order chi connectivity index (χ0) is 13.4. The standard InChI is InChI=1S/C14H12ClN3O/c15-11-1-2-13-10(4-11)8-18(14(13)19)12-3-9(5-16)6-17-7-12/h1-4,6-7H,5,8,16H2. The van der Waals surface area contributed by atoms with E-state index in [4.69, 9.17) is 17.3 Å². The Balaban J connectivity index is 1.99. The molecule has 1 aliphatic rings. The number of aromatic nitrogens is 1. The third kappa shape index (κ3) is 2.09. The molecule has 0 spiro atoms. The molecule has 96 valence electrons. The average Bonchev–Trinajstić information content (AvgIpc) is 2.75. The summed E-state index contributed by atoms with van der Waals surface area (Å²) in [7, 11) is 0. The van der Waals surface area contributed by atoms with Crippen molar-refractivity contribution < 1.29 is 4.79 Å². The van der Waals surface area contributed by atoms with Crippen molar-refractivity contribution in [1.29, 1.82) is 0 Å². The first kappa shape index (κ1) is 12.1. The Kier molecular flexibility index (Phi) is 2.97. The fraction of sp³-hybridized carbons (Fsp3) is 0.143. The summed E-state index contributed by atoms with van der Waals surface area (Å²) in [4.78, 5) is 18.1. The molecule has 0 radical (unpaired) electrons. The molecule has 0 unspecified atom stereocenters. The van der Waals surface area contributed by atoms with Gasteiger partial charge in [-0.3, -0.25) is 9.78 Å². The van der Waals surface area contributed by atoms with E-state index in [0.717, 1.165) is 16.8 Å². The fourth-order valence-corrected chi connectivity index (χ4v) is 2.43. The van der Waals surface area contributed by atoms with Crippen LogP contribution in [-0.2, 0) is 13.1 Å². The lowest BCUT2D eigenvalue weighted by Crippen LogP contribution is -2.23. The molecule has 0 saturated carbocycles. The van der Waals surface area contributed by atoms with Crippen molar-refractivity contribution in [2.45, 2.75) is 13.1 Å². The van der Waals surface area contributed by atoms with E-state index in [2.05, 4.69) is 4.98 Å². The summed E-state index contributed by atoms with van der Waals surface area (Å²) in [6.45, 7) is 0.923. The molecule has 0 bridgehead atoms. The number of benzene rings is 1. The SMILES string of the molecule is NCc1cncc(N2Cc3cc(Cl)ccc3C2=O)c1. The molecule has 4 nitrogen and oxygen atoms in total. The second-order valence-corrected chi connectivity index (χ2v) is 4.88. The van der Waals surface area contributed by atoms with Crippen molar-refractivity contribution in [3.05, 3.63) is 58.4 Å². The number of hydrogen-bond donors (Lipinski definition) is 1. The molecule has 5 heteroatoms. The van der Waals surface area contributed by atoms with Gasteiger partial charge >= 0.3 is 0 Å². The van der Waals surface area contributed by atoms with Crippen molar-refractivity contribution in [2.75, 3.05) is 4.90 Å². The molecule has 19 heavy (non-hydrogen) atoms. The van der Waals surface area contributed by atoms with Gasteiger partial charge in [0.1, 0.15) is 0 Å². The van der Waals surface area contributed by atoms with Crippen molar-refractivity contribution in [3.8, 4) is 0 Å². The van der Waals surface area contributed by atoms with Crippen LogP contribution in [-0.4, -0.2) is 10.9 Å². The van der Waals surface area contributed by atoms with Gasteiger partial charge in [-0.1, -0.05) is 11.6 Å². The zero-order valence-corrected chi connectivity index (χ0v) is 10.9. The summed E-state index contributed by atoms with van der Waals surface area (Å²) < 4.78 is 0. The van der Waals surface area contributed by atoms with Gasteiger partial charge in [0, 0.05) is 23.3 Å². The number of nitrogens with two attached hydrogens (primary N) is 1. The lowest BCUT2D eigenvalue weighted by molar-refractivity contribution is 0.0996. The number of amides is 1. The number of rotatable bonds is 2. The Bertz CT molecular complexity index is 657. The maximum absolute atomic E-state index is 12.3. The van der Waals surface area contributed by atoms with Gasteiger partial charge in [-0.25, -0.2) is 0 Å². The third-order valence-corrected chi connectivity index (χ3v) is 3.43. The number of anilines is 1. The first-order chi connectivity index (χ1) is 9.19. The second-order valence-electron chi connectivity index (χ2n) is 4.45. The van der Waals surface area contributed by atoms with Crippen LogP contribution in [0.5, 0.6) is 0 Å². The summed E-state index contributed by atoms with van der Waals surface area (Å²) in [6.07, 6.45) is 3.37. The monoisotopic (exact) mass is 273 g/mol. The summed E-state index contributed by atoms with van der Waals surface area (Å²) >= 11 is 5.95. The van der Waals surface area contributed by atoms with Crippen LogP contribution in [0.2, 0.25) is 5.02 Å². The summed E-state index contributed by atoms with van der Waals surface area (Å²) in [5.74, 6) is -0.0253. The number of fused-ring (bicyclic) bond motifs is 1. The van der Waals surface area contributed by atoms with Gasteiger partial charge in [0.15, 0.2) is 0 Å². The van der Waals surface area contributed by atoms with Crippen molar-refractivity contribution in [1.82, 2.24) is 4.98 Å². The van der Waals surface area contributed by atoms with Gasteiger partial charge < -0.3 is 10.6 Å². The van der Waals surface area contributed by atoms with Gasteiger partial charge in [0.25, 0.3) is 5.91 Å². The van der Waals surface area contributed by atoms with E-state index >= 15 is 0 Å². The first-order valence-corrected chi connectivity index (χ1v) is 6.31. The molecular weight excluding hydrogens is 262 g/mol. The molecule has 0 saturated heterocycles. The predicted molar refractivity (Wildman–Crippen MR) is 74.1 cm³/mol. The van der Waals surface area contributed by atoms with Crippen molar-refractivity contribution in [3.63, 3.8) is 0 Å². The molecule has 2 aromatic rings. The van der Waals surface area contributed by atoms with Gasteiger partial charge in [-0.15, -0.1) is 0 Å². The molecule has 0 atom stereocenters. The Hall–Kier alpha value is -1.91. The van der Waals surface area contributed by atoms with E-state index in [1.807, 2.05) is 12.1 Å². The Morgan fingerprint density at radius 2 is 2.16 bits per heavy atom. The molecule has 1 aromatic carbocycles. The van der Waals surface area contributed by atoms with E-state index in [9.17, 15) is 4.79 Å². The van der Waals surface area contributed by atoms with E-state index < -0.39 is 0 Å². The summed E-state index contributed by atoms with van der Waals surface area (Å²) in [6, 6.07) is 7.21. The number of pyridine rings is 1. The number of halogens is 1. The van der Waals surface area contributed by atoms with E-state index in [0.29, 0.717) is 23.7 Å². The molecule has 1 aromatic heterocycles. The first-order valence-electron chi connectivity index (χ1n) is 5.93. The number of nitrogens with zero attached hydrogens (tertiary/aromatic N) is 2. The lowest BCUT2D eigenvalue weighted by atomic mass is 10.1. The smallest absolute Gasteiger partial charge is 0.258 e. The highest BCUT2D eigenvalue weighted by Gasteiger charge is 2.28. The van der Waals surface area contributed by atoms with E-state index in [1.165, 1.54) is 0 Å². The molecular formula is C14H12ClN3O. The van der Waals surface area contributed by atoms with Crippen LogP contribution in [0.4, 0.5) is 5.69 Å². The lowest BCUT2D eigenvalue weighted by Gasteiger charge is -2.15. The molecule has 1 amide bonds. The van der Waals surface area contributed by atoms with Crippen LogP contribution in [0.15, 0.2) is 36.7 Å². The van der Waals surface area contributed by atoms with E-state index in [1.54, 1.807) is 29.4 Å². The van der Waals surface area contributed by atoms with Gasteiger partial charge in [-0.2, -0.15) is 0 Å². The van der Waals surface area contributed by atoms with E-state index in [-0.39, 0.29) is 5.91 Å². The summed E-state index contributed by atoms with van der Waals surface area (Å²) in [5.41, 5.74) is 8.90. The minimum absolute atomic E-state index is 0.0253. The maximum atomic E-state index is 12.3. The van der Waals surface area contributed by atoms with Crippen LogP contribution < -0.4 is 10.6 Å². The number of carbonyl (C=O) groups is 1. The van der Waals surface area contributed by atoms with Gasteiger partial charge in [-0.05, 0) is 35.4 Å². The third-order valence-electron chi connectivity index (χ3n) is 3.20. The number of hydrogen-bond acceptors (Lipinski definition) is 3. The number of carbonyl (C=O) groups excluding carboxylic acids is 1. The zero-order valence-electron chi connectivity index (χ0n) is 10.1. The summed E-state index contributed by atoms with van der Waals surface area (Å²) in [5, 5.41) is 0.641. The highest BCUT2D eigenvalue weighted by molar-refractivity contribution is 6.31. The van der Waals surface area contributed by atoms with Gasteiger partial charge in [0.05, 0.1) is 18.4 Å². The Morgan fingerprint density at radius 3 is 2.95 bits per heavy atom. The largest absolute Gasteiger partial charge is 0.326 e. The minimum atomic E-state index is -0.0253. The highest BCUT2D eigenvalue weighted by atomic mass is 35.5. The molecule has 1 aliphatic heterocycles. The molecule has 2 heterocycles. The molecule has 0 aliphatic carbocycles. The maximum Gasteiger partial charge on any atom is 0.258 e. The molecule has 0 fully saturated rings. The van der Waals surface area contributed by atoms with Gasteiger partial charge in [0.2, 0.25) is 0 Å². The van der Waals surface area contributed by atoms with Crippen LogP contribution in [0.3, 0.4) is 0 Å². The second kappa shape index (κ2) is 4.64. The van der Waals surface area contributed by atoms with Crippen LogP contribution in [0.1, 0.15) is 21.5 Å². The average molecular weight is 274 g/mol. The van der Waals surface area contributed by atoms with Crippen LogP contribution in [0, 0.1) is 0 Å². The Morgan fingerprint density at radius 1 is 1.32 bits per heavy atom. The topological polar surface area (TPSA) is 59.2 Å². The fourth-order valence-electron chi connectivity index (χ4n) is 2.23. The van der Waals surface area contributed by atoms with Crippen LogP contribution in [0.25, 0.3) is 0 Å². The quantitative estimate of drug-likeness (QED) is 0.914. The normalized spacial score (nSPS) is 13.8. The van der Waals surface area contributed by atoms with Crippen LogP contribution >= 0.6 is 11.6 Å². The van der Waals surface area contributed by atoms with Crippen molar-refractivity contribution >= 4 is 23.2 Å². The Labute approximate surface area is 115 Å². The molecule has 3 rings (SSSR count). The minimum Gasteiger partial charge on any atom is -0.326 e.